The highest BCUT2D eigenvalue weighted by Crippen LogP contribution is 2.18. The Morgan fingerprint density at radius 1 is 1.08 bits per heavy atom. The van der Waals surface area contributed by atoms with Crippen molar-refractivity contribution in [2.24, 2.45) is 0 Å². The second-order valence-corrected chi connectivity index (χ2v) is 8.66. The zero-order valence-corrected chi connectivity index (χ0v) is 15.2. The van der Waals surface area contributed by atoms with Gasteiger partial charge in [-0.2, -0.15) is 0 Å². The lowest BCUT2D eigenvalue weighted by Gasteiger charge is -2.21. The summed E-state index contributed by atoms with van der Waals surface area (Å²) in [5.41, 5.74) is 0.440. The Kier molecular flexibility index (Phi) is 5.06. The molecule has 0 aliphatic rings. The van der Waals surface area contributed by atoms with Gasteiger partial charge >= 0.3 is 0 Å². The Labute approximate surface area is 150 Å². The van der Waals surface area contributed by atoms with Gasteiger partial charge in [-0.3, -0.25) is 4.79 Å². The molecule has 0 saturated carbocycles. The average Bonchev–Trinajstić information content (AvgIpc) is 3.27. The average molecular weight is 375 g/mol. The van der Waals surface area contributed by atoms with Crippen molar-refractivity contribution in [3.8, 4) is 0 Å². The molecule has 2 aromatic heterocycles. The first-order chi connectivity index (χ1) is 11.9. The van der Waals surface area contributed by atoms with Crippen LogP contribution in [0.4, 0.5) is 0 Å². The molecule has 3 aromatic rings. The Morgan fingerprint density at radius 3 is 2.40 bits per heavy atom. The molecule has 130 valence electrons. The van der Waals surface area contributed by atoms with Gasteiger partial charge < -0.3 is 9.32 Å². The smallest absolute Gasteiger partial charge is 0.254 e. The van der Waals surface area contributed by atoms with E-state index >= 15 is 0 Å². The van der Waals surface area contributed by atoms with Crippen molar-refractivity contribution in [3.63, 3.8) is 0 Å². The fourth-order valence-corrected chi connectivity index (χ4v) is 3.76. The van der Waals surface area contributed by atoms with Gasteiger partial charge in [0.15, 0.2) is 9.84 Å². The van der Waals surface area contributed by atoms with Gasteiger partial charge in [-0.25, -0.2) is 8.42 Å². The van der Waals surface area contributed by atoms with Crippen LogP contribution in [0.15, 0.2) is 69.5 Å². The van der Waals surface area contributed by atoms with E-state index in [2.05, 4.69) is 0 Å². The molecule has 0 saturated heterocycles. The van der Waals surface area contributed by atoms with Crippen molar-refractivity contribution >= 4 is 27.1 Å². The Morgan fingerprint density at radius 2 is 1.84 bits per heavy atom. The molecule has 0 atom stereocenters. The highest BCUT2D eigenvalue weighted by molar-refractivity contribution is 7.90. The molecule has 0 aliphatic heterocycles. The molecule has 0 N–H and O–H groups in total. The van der Waals surface area contributed by atoms with Crippen LogP contribution in [-0.4, -0.2) is 25.5 Å². The number of rotatable bonds is 6. The summed E-state index contributed by atoms with van der Waals surface area (Å²) < 4.78 is 28.5. The lowest BCUT2D eigenvalue weighted by atomic mass is 10.2. The summed E-state index contributed by atoms with van der Waals surface area (Å²) >= 11 is 1.58. The van der Waals surface area contributed by atoms with E-state index in [-0.39, 0.29) is 10.8 Å². The number of hydrogen-bond donors (Lipinski definition) is 0. The highest BCUT2D eigenvalue weighted by Gasteiger charge is 2.19. The summed E-state index contributed by atoms with van der Waals surface area (Å²) in [4.78, 5) is 15.8. The molecule has 5 nitrogen and oxygen atoms in total. The Hall–Kier alpha value is -2.38. The molecule has 2 heterocycles. The zero-order valence-electron chi connectivity index (χ0n) is 13.6. The second-order valence-electron chi connectivity index (χ2n) is 5.62. The fourth-order valence-electron chi connectivity index (χ4n) is 2.41. The normalized spacial score (nSPS) is 11.4. The van der Waals surface area contributed by atoms with E-state index in [9.17, 15) is 13.2 Å². The predicted octanol–water partition coefficient (Wildman–Crippen LogP) is 3.59. The van der Waals surface area contributed by atoms with Gasteiger partial charge in [0.1, 0.15) is 5.76 Å². The first-order valence-electron chi connectivity index (χ1n) is 7.57. The maximum atomic E-state index is 12.9. The first-order valence-corrected chi connectivity index (χ1v) is 10.3. The number of furan rings is 1. The lowest BCUT2D eigenvalue weighted by Crippen LogP contribution is -2.29. The van der Waals surface area contributed by atoms with E-state index in [0.717, 1.165) is 11.1 Å². The molecule has 25 heavy (non-hydrogen) atoms. The van der Waals surface area contributed by atoms with Crippen molar-refractivity contribution in [2.45, 2.75) is 18.0 Å². The summed E-state index contributed by atoms with van der Waals surface area (Å²) in [7, 11) is -3.29. The van der Waals surface area contributed by atoms with Crippen LogP contribution in [-0.2, 0) is 22.9 Å². The quantitative estimate of drug-likeness (QED) is 0.660. The summed E-state index contributed by atoms with van der Waals surface area (Å²) in [5.74, 6) is 0.516. The van der Waals surface area contributed by atoms with E-state index in [1.54, 1.807) is 40.7 Å². The first kappa shape index (κ1) is 17.4. The SMILES string of the molecule is CS(=O)(=O)c1ccc(C(=O)N(Cc2ccco2)Cc2cccs2)cc1. The summed E-state index contributed by atoms with van der Waals surface area (Å²) in [5, 5.41) is 1.96. The van der Waals surface area contributed by atoms with Crippen LogP contribution in [0.3, 0.4) is 0 Å². The van der Waals surface area contributed by atoms with Crippen LogP contribution in [0, 0.1) is 0 Å². The largest absolute Gasteiger partial charge is 0.467 e. The van der Waals surface area contributed by atoms with E-state index in [0.29, 0.717) is 24.4 Å². The molecular formula is C18H17NO4S2. The molecule has 7 heteroatoms. The van der Waals surface area contributed by atoms with Crippen molar-refractivity contribution in [3.05, 3.63) is 76.4 Å². The van der Waals surface area contributed by atoms with Crippen molar-refractivity contribution in [2.75, 3.05) is 6.26 Å². The monoisotopic (exact) mass is 375 g/mol. The standard InChI is InChI=1S/C18H17NO4S2/c1-25(21,22)17-8-6-14(7-9-17)18(20)19(12-15-4-2-10-23-15)13-16-5-3-11-24-16/h2-11H,12-13H2,1H3. The van der Waals surface area contributed by atoms with E-state index in [1.807, 2.05) is 23.6 Å². The third kappa shape index (κ3) is 4.37. The number of sulfone groups is 1. The third-order valence-electron chi connectivity index (χ3n) is 3.67. The van der Waals surface area contributed by atoms with Crippen LogP contribution >= 0.6 is 11.3 Å². The topological polar surface area (TPSA) is 67.6 Å². The maximum Gasteiger partial charge on any atom is 0.254 e. The Bertz CT molecular complexity index is 891. The van der Waals surface area contributed by atoms with Gasteiger partial charge in [0.05, 0.1) is 24.2 Å². The van der Waals surface area contributed by atoms with Gasteiger partial charge in [0.25, 0.3) is 5.91 Å². The minimum absolute atomic E-state index is 0.176. The number of nitrogens with zero attached hydrogens (tertiary/aromatic N) is 1. The van der Waals surface area contributed by atoms with Gasteiger partial charge in [0.2, 0.25) is 0 Å². The van der Waals surface area contributed by atoms with Gasteiger partial charge in [-0.05, 0) is 47.8 Å². The highest BCUT2D eigenvalue weighted by atomic mass is 32.2. The van der Waals surface area contributed by atoms with Crippen LogP contribution < -0.4 is 0 Å². The molecule has 0 bridgehead atoms. The predicted molar refractivity (Wildman–Crippen MR) is 96.2 cm³/mol. The van der Waals surface area contributed by atoms with Crippen molar-refractivity contribution in [1.82, 2.24) is 4.90 Å². The molecule has 1 amide bonds. The molecular weight excluding hydrogens is 358 g/mol. The third-order valence-corrected chi connectivity index (χ3v) is 5.66. The summed E-state index contributed by atoms with van der Waals surface area (Å²) in [6, 6.07) is 13.5. The minimum atomic E-state index is -3.29. The van der Waals surface area contributed by atoms with Crippen LogP contribution in [0.1, 0.15) is 21.0 Å². The maximum absolute atomic E-state index is 12.9. The molecule has 0 radical (unpaired) electrons. The lowest BCUT2D eigenvalue weighted by molar-refractivity contribution is 0.0719. The van der Waals surface area contributed by atoms with Gasteiger partial charge in [-0.15, -0.1) is 11.3 Å². The number of thiophene rings is 1. The minimum Gasteiger partial charge on any atom is -0.467 e. The Balaban J connectivity index is 1.85. The number of hydrogen-bond acceptors (Lipinski definition) is 5. The molecule has 0 aliphatic carbocycles. The van der Waals surface area contributed by atoms with Gasteiger partial charge in [-0.1, -0.05) is 6.07 Å². The van der Waals surface area contributed by atoms with E-state index in [4.69, 9.17) is 4.42 Å². The van der Waals surface area contributed by atoms with Gasteiger partial charge in [0, 0.05) is 16.7 Å². The number of benzene rings is 1. The van der Waals surface area contributed by atoms with Crippen molar-refractivity contribution in [1.29, 1.82) is 0 Å². The van der Waals surface area contributed by atoms with E-state index in [1.165, 1.54) is 12.1 Å². The number of carbonyl (C=O) groups is 1. The van der Waals surface area contributed by atoms with Crippen molar-refractivity contribution < 1.29 is 17.6 Å². The molecule has 0 spiro atoms. The molecule has 3 rings (SSSR count). The fraction of sp³-hybridized carbons (Fsp3) is 0.167. The molecule has 0 unspecified atom stereocenters. The summed E-state index contributed by atoms with van der Waals surface area (Å²) in [6.07, 6.45) is 2.72. The number of carbonyl (C=O) groups excluding carboxylic acids is 1. The van der Waals surface area contributed by atoms with Crippen LogP contribution in [0.5, 0.6) is 0 Å². The van der Waals surface area contributed by atoms with Crippen LogP contribution in [0.2, 0.25) is 0 Å². The molecule has 0 fully saturated rings. The number of amides is 1. The second kappa shape index (κ2) is 7.25. The molecule has 1 aromatic carbocycles. The van der Waals surface area contributed by atoms with Crippen LogP contribution in [0.25, 0.3) is 0 Å². The van der Waals surface area contributed by atoms with E-state index < -0.39 is 9.84 Å². The summed E-state index contributed by atoms with van der Waals surface area (Å²) in [6.45, 7) is 0.808. The zero-order chi connectivity index (χ0) is 17.9.